The number of benzene rings is 1. The molecule has 7 heteroatoms. The highest BCUT2D eigenvalue weighted by atomic mass is 32.2. The number of ether oxygens (including phenoxy) is 1. The third-order valence-corrected chi connectivity index (χ3v) is 4.01. The van der Waals surface area contributed by atoms with Crippen LogP contribution in [0.25, 0.3) is 0 Å². The van der Waals surface area contributed by atoms with E-state index in [4.69, 9.17) is 4.74 Å². The number of nitrogens with one attached hydrogen (secondary N) is 1. The van der Waals surface area contributed by atoms with Crippen molar-refractivity contribution < 1.29 is 22.1 Å². The van der Waals surface area contributed by atoms with Gasteiger partial charge in [0, 0.05) is 12.6 Å². The molecule has 142 valence electrons. The highest BCUT2D eigenvalue weighted by Gasteiger charge is 2.36. The van der Waals surface area contributed by atoms with Crippen LogP contribution in [0.5, 0.6) is 0 Å². The molecule has 1 N–H and O–H groups in total. The first kappa shape index (κ1) is 25.3. The largest absolute Gasteiger partial charge is 0.417 e. The summed E-state index contributed by atoms with van der Waals surface area (Å²) in [6, 6.07) is 3.75. The molecule has 0 aliphatic heterocycles. The minimum atomic E-state index is -4.54. The number of methoxy groups -OCH3 is 1. The molecule has 0 spiro atoms. The van der Waals surface area contributed by atoms with E-state index in [1.807, 2.05) is 27.7 Å². The Morgan fingerprint density at radius 3 is 2.04 bits per heavy atom. The molecule has 0 saturated heterocycles. The number of hydrogen-bond acceptors (Lipinski definition) is 2. The van der Waals surface area contributed by atoms with Gasteiger partial charge in [0.25, 0.3) is 0 Å². The van der Waals surface area contributed by atoms with Crippen LogP contribution >= 0.6 is 0 Å². The van der Waals surface area contributed by atoms with E-state index in [1.54, 1.807) is 20.8 Å². The fourth-order valence-corrected chi connectivity index (χ4v) is 2.96. The van der Waals surface area contributed by atoms with Crippen molar-refractivity contribution in [2.45, 2.75) is 65.1 Å². The lowest BCUT2D eigenvalue weighted by atomic mass is 10.1. The molecule has 1 aromatic carbocycles. The van der Waals surface area contributed by atoms with Gasteiger partial charge >= 0.3 is 6.18 Å². The highest BCUT2D eigenvalue weighted by molar-refractivity contribution is 7.83. The van der Waals surface area contributed by atoms with Crippen LogP contribution in [0.2, 0.25) is 0 Å². The van der Waals surface area contributed by atoms with Gasteiger partial charge in [-0.2, -0.15) is 13.2 Å². The van der Waals surface area contributed by atoms with Crippen molar-refractivity contribution in [3.8, 4) is 0 Å². The lowest BCUT2D eigenvalue weighted by Crippen LogP contribution is -2.44. The smallest absolute Gasteiger partial charge is 0.383 e. The maximum Gasteiger partial charge on any atom is 0.417 e. The van der Waals surface area contributed by atoms with Crippen molar-refractivity contribution in [2.75, 3.05) is 13.7 Å². The van der Waals surface area contributed by atoms with Crippen LogP contribution in [0, 0.1) is 6.92 Å². The predicted octanol–water partition coefficient (Wildman–Crippen LogP) is 5.10. The number of rotatable bonds is 5. The SMILES string of the molecule is CC.CC.COCC(C)(C)NS(=O)c1ccc(C)cc1C(F)(F)F. The molecule has 1 aromatic rings. The molecule has 0 bridgehead atoms. The van der Waals surface area contributed by atoms with E-state index in [-0.39, 0.29) is 11.5 Å². The molecule has 0 radical (unpaired) electrons. The second-order valence-electron chi connectivity index (χ2n) is 5.19. The van der Waals surface area contributed by atoms with Gasteiger partial charge in [-0.3, -0.25) is 0 Å². The molecule has 0 aromatic heterocycles. The second kappa shape index (κ2) is 11.6. The lowest BCUT2D eigenvalue weighted by Gasteiger charge is -2.25. The Balaban J connectivity index is 0. The molecule has 1 rings (SSSR count). The zero-order valence-corrected chi connectivity index (χ0v) is 16.6. The summed E-state index contributed by atoms with van der Waals surface area (Å²) in [5.41, 5.74) is -1.11. The zero-order valence-electron chi connectivity index (χ0n) is 15.8. The van der Waals surface area contributed by atoms with Gasteiger partial charge in [0.1, 0.15) is 11.0 Å². The van der Waals surface area contributed by atoms with E-state index < -0.39 is 28.3 Å². The normalized spacial score (nSPS) is 12.5. The van der Waals surface area contributed by atoms with Crippen LogP contribution in [-0.2, 0) is 21.9 Å². The van der Waals surface area contributed by atoms with Crippen molar-refractivity contribution in [3.05, 3.63) is 29.3 Å². The van der Waals surface area contributed by atoms with Crippen LogP contribution in [0.1, 0.15) is 52.7 Å². The Morgan fingerprint density at radius 1 is 1.12 bits per heavy atom. The van der Waals surface area contributed by atoms with E-state index in [0.29, 0.717) is 5.56 Å². The van der Waals surface area contributed by atoms with Crippen LogP contribution < -0.4 is 4.72 Å². The average molecular weight is 369 g/mol. The first-order valence-electron chi connectivity index (χ1n) is 7.93. The fraction of sp³-hybridized carbons (Fsp3) is 0.647. The molecule has 0 amide bonds. The lowest BCUT2D eigenvalue weighted by molar-refractivity contribution is -0.139. The molecule has 1 unspecified atom stereocenters. The first-order chi connectivity index (χ1) is 11.1. The Kier molecular flexibility index (Phi) is 12.2. The van der Waals surface area contributed by atoms with Gasteiger partial charge in [-0.25, -0.2) is 8.93 Å². The van der Waals surface area contributed by atoms with Crippen molar-refractivity contribution in [3.63, 3.8) is 0 Å². The number of alkyl halides is 3. The summed E-state index contributed by atoms with van der Waals surface area (Å²) in [7, 11) is -0.499. The molecule has 1 atom stereocenters. The number of hydrogen-bond donors (Lipinski definition) is 1. The Labute approximate surface area is 146 Å². The number of aryl methyl sites for hydroxylation is 1. The molecule has 3 nitrogen and oxygen atoms in total. The summed E-state index contributed by atoms with van der Waals surface area (Å²) < 4.78 is 58.7. The third kappa shape index (κ3) is 8.80. The summed E-state index contributed by atoms with van der Waals surface area (Å²) in [4.78, 5) is -0.271. The Morgan fingerprint density at radius 2 is 1.62 bits per heavy atom. The van der Waals surface area contributed by atoms with Crippen molar-refractivity contribution in [1.82, 2.24) is 4.72 Å². The zero-order chi connectivity index (χ0) is 19.6. The van der Waals surface area contributed by atoms with Gasteiger partial charge in [0.15, 0.2) is 0 Å². The predicted molar refractivity (Wildman–Crippen MR) is 94.4 cm³/mol. The van der Waals surface area contributed by atoms with E-state index >= 15 is 0 Å². The van der Waals surface area contributed by atoms with E-state index in [1.165, 1.54) is 19.2 Å². The van der Waals surface area contributed by atoms with Gasteiger partial charge in [-0.15, -0.1) is 0 Å². The Hall–Kier alpha value is -0.920. The molecule has 0 aliphatic rings. The van der Waals surface area contributed by atoms with Crippen LogP contribution in [0.3, 0.4) is 0 Å². The molecule has 0 fully saturated rings. The molecule has 24 heavy (non-hydrogen) atoms. The minimum absolute atomic E-state index is 0.228. The van der Waals surface area contributed by atoms with Gasteiger partial charge in [0.05, 0.1) is 17.1 Å². The highest BCUT2D eigenvalue weighted by Crippen LogP contribution is 2.34. The Bertz CT molecular complexity index is 503. The van der Waals surface area contributed by atoms with Crippen molar-refractivity contribution in [2.24, 2.45) is 0 Å². The quantitative estimate of drug-likeness (QED) is 0.784. The molecular weight excluding hydrogens is 339 g/mol. The van der Waals surface area contributed by atoms with E-state index in [9.17, 15) is 17.4 Å². The van der Waals surface area contributed by atoms with Crippen molar-refractivity contribution >= 4 is 11.0 Å². The molecular formula is C17H30F3NO2S. The molecule has 0 saturated carbocycles. The van der Waals surface area contributed by atoms with Gasteiger partial charge in [-0.05, 0) is 32.9 Å². The summed E-state index contributed by atoms with van der Waals surface area (Å²) in [5.74, 6) is 0. The van der Waals surface area contributed by atoms with Crippen molar-refractivity contribution in [1.29, 1.82) is 0 Å². The third-order valence-electron chi connectivity index (χ3n) is 2.51. The summed E-state index contributed by atoms with van der Waals surface area (Å²) in [5, 5.41) is 0. The monoisotopic (exact) mass is 369 g/mol. The first-order valence-corrected chi connectivity index (χ1v) is 9.08. The summed E-state index contributed by atoms with van der Waals surface area (Å²) in [6.07, 6.45) is -4.54. The maximum absolute atomic E-state index is 13.0. The van der Waals surface area contributed by atoms with Gasteiger partial charge in [-0.1, -0.05) is 39.3 Å². The topological polar surface area (TPSA) is 38.3 Å². The molecule has 0 heterocycles. The summed E-state index contributed by atoms with van der Waals surface area (Å²) >= 11 is 0. The maximum atomic E-state index is 13.0. The van der Waals surface area contributed by atoms with E-state index in [2.05, 4.69) is 4.72 Å². The summed E-state index contributed by atoms with van der Waals surface area (Å²) in [6.45, 7) is 13.2. The second-order valence-corrected chi connectivity index (χ2v) is 6.37. The fourth-order valence-electron chi connectivity index (χ4n) is 1.72. The van der Waals surface area contributed by atoms with Gasteiger partial charge < -0.3 is 4.74 Å². The van der Waals surface area contributed by atoms with Crippen LogP contribution in [-0.4, -0.2) is 23.5 Å². The van der Waals surface area contributed by atoms with Gasteiger partial charge in [0.2, 0.25) is 0 Å². The average Bonchev–Trinajstić information content (AvgIpc) is 2.49. The number of halogens is 3. The van der Waals surface area contributed by atoms with E-state index in [0.717, 1.165) is 6.07 Å². The molecule has 0 aliphatic carbocycles. The van der Waals surface area contributed by atoms with Crippen LogP contribution in [0.4, 0.5) is 13.2 Å². The standard InChI is InChI=1S/C13H18F3NO2S.2C2H6/c1-9-5-6-11(10(7-9)13(14,15)16)20(18)17-12(2,3)8-19-4;2*1-2/h5-7,17H,8H2,1-4H3;2*1-2H3. The van der Waals surface area contributed by atoms with Crippen LogP contribution in [0.15, 0.2) is 23.1 Å². The minimum Gasteiger partial charge on any atom is -0.383 e.